The molecule has 0 atom stereocenters. The maximum atomic E-state index is 12.8. The van der Waals surface area contributed by atoms with E-state index >= 15 is 0 Å². The predicted molar refractivity (Wildman–Crippen MR) is 109 cm³/mol. The summed E-state index contributed by atoms with van der Waals surface area (Å²) in [6, 6.07) is 14.4. The molecular formula is C22H24N2O4. The summed E-state index contributed by atoms with van der Waals surface area (Å²) in [6.07, 6.45) is 0. The van der Waals surface area contributed by atoms with Crippen LogP contribution in [0.4, 0.5) is 11.4 Å². The lowest BCUT2D eigenvalue weighted by atomic mass is 10.0. The number of aliphatic hydroxyl groups is 1. The summed E-state index contributed by atoms with van der Waals surface area (Å²) >= 11 is 0. The van der Waals surface area contributed by atoms with Crippen molar-refractivity contribution in [1.29, 1.82) is 0 Å². The lowest BCUT2D eigenvalue weighted by Gasteiger charge is -2.17. The third-order valence-corrected chi connectivity index (χ3v) is 4.55. The van der Waals surface area contributed by atoms with Crippen LogP contribution in [-0.4, -0.2) is 30.1 Å². The Morgan fingerprint density at radius 2 is 1.96 bits per heavy atom. The Morgan fingerprint density at radius 1 is 1.21 bits per heavy atom. The zero-order chi connectivity index (χ0) is 20.3. The molecule has 0 unspecified atom stereocenters. The monoisotopic (exact) mass is 380 g/mol. The first kappa shape index (κ1) is 19.5. The van der Waals surface area contributed by atoms with Crippen LogP contribution in [0, 0.1) is 0 Å². The molecule has 0 aliphatic carbocycles. The Kier molecular flexibility index (Phi) is 5.68. The lowest BCUT2D eigenvalue weighted by molar-refractivity contribution is -0.119. The standard InChI is InChI=1S/C22H24N2O4/c1-4-28-16-9-7-8-15(12-16)24-13-19(25)20(22(24)27)21(26)23-18-11-6-5-10-17(18)14(2)3/h5-12,14,25H,4,13H2,1-3H3,(H,23,26). The lowest BCUT2D eigenvalue weighted by Crippen LogP contribution is -2.30. The number of nitrogens with zero attached hydrogens (tertiary/aromatic N) is 1. The van der Waals surface area contributed by atoms with Gasteiger partial charge in [0.15, 0.2) is 0 Å². The van der Waals surface area contributed by atoms with Crippen LogP contribution in [0.25, 0.3) is 0 Å². The van der Waals surface area contributed by atoms with E-state index in [2.05, 4.69) is 5.32 Å². The Labute approximate surface area is 164 Å². The van der Waals surface area contributed by atoms with Gasteiger partial charge in [0.1, 0.15) is 17.1 Å². The van der Waals surface area contributed by atoms with Crippen molar-refractivity contribution in [1.82, 2.24) is 0 Å². The minimum Gasteiger partial charge on any atom is -0.509 e. The summed E-state index contributed by atoms with van der Waals surface area (Å²) in [5.74, 6) is -0.566. The number of rotatable bonds is 6. The Bertz CT molecular complexity index is 934. The average Bonchev–Trinajstić information content (AvgIpc) is 2.97. The van der Waals surface area contributed by atoms with Crippen LogP contribution in [0.2, 0.25) is 0 Å². The van der Waals surface area contributed by atoms with Gasteiger partial charge in [-0.15, -0.1) is 0 Å². The highest BCUT2D eigenvalue weighted by Gasteiger charge is 2.36. The van der Waals surface area contributed by atoms with Gasteiger partial charge < -0.3 is 20.1 Å². The molecule has 146 valence electrons. The molecule has 0 aromatic heterocycles. The molecule has 0 saturated carbocycles. The fraction of sp³-hybridized carbons (Fsp3) is 0.273. The quantitative estimate of drug-likeness (QED) is 0.743. The number of benzene rings is 2. The average molecular weight is 380 g/mol. The highest BCUT2D eigenvalue weighted by Crippen LogP contribution is 2.29. The van der Waals surface area contributed by atoms with E-state index in [0.717, 1.165) is 5.56 Å². The van der Waals surface area contributed by atoms with Crippen molar-refractivity contribution in [3.05, 3.63) is 65.4 Å². The predicted octanol–water partition coefficient (Wildman–Crippen LogP) is 4.01. The van der Waals surface area contributed by atoms with Gasteiger partial charge in [-0.05, 0) is 36.6 Å². The van der Waals surface area contributed by atoms with Crippen LogP contribution in [0.15, 0.2) is 59.9 Å². The molecule has 2 amide bonds. The molecular weight excluding hydrogens is 356 g/mol. The normalized spacial score (nSPS) is 14.0. The molecule has 2 N–H and O–H groups in total. The second-order valence-electron chi connectivity index (χ2n) is 6.84. The van der Waals surface area contributed by atoms with Crippen molar-refractivity contribution in [3.63, 3.8) is 0 Å². The number of amides is 2. The first-order valence-corrected chi connectivity index (χ1v) is 9.29. The van der Waals surface area contributed by atoms with Crippen molar-refractivity contribution in [2.24, 2.45) is 0 Å². The van der Waals surface area contributed by atoms with Crippen LogP contribution >= 0.6 is 0 Å². The number of carbonyl (C=O) groups excluding carboxylic acids is 2. The zero-order valence-electron chi connectivity index (χ0n) is 16.2. The molecule has 0 bridgehead atoms. The number of carbonyl (C=O) groups is 2. The molecule has 0 radical (unpaired) electrons. The SMILES string of the molecule is CCOc1cccc(N2CC(O)=C(C(=O)Nc3ccccc3C(C)C)C2=O)c1. The van der Waals surface area contributed by atoms with Crippen molar-refractivity contribution in [2.75, 3.05) is 23.4 Å². The maximum Gasteiger partial charge on any atom is 0.267 e. The van der Waals surface area contributed by atoms with E-state index in [-0.39, 0.29) is 23.8 Å². The molecule has 6 heteroatoms. The fourth-order valence-corrected chi connectivity index (χ4v) is 3.20. The van der Waals surface area contributed by atoms with Crippen LogP contribution in [0.3, 0.4) is 0 Å². The van der Waals surface area contributed by atoms with E-state index in [9.17, 15) is 14.7 Å². The summed E-state index contributed by atoms with van der Waals surface area (Å²) in [6.45, 7) is 6.37. The van der Waals surface area contributed by atoms with Gasteiger partial charge in [-0.1, -0.05) is 38.1 Å². The molecule has 0 saturated heterocycles. The number of ether oxygens (including phenoxy) is 1. The molecule has 2 aromatic carbocycles. The Morgan fingerprint density at radius 3 is 2.68 bits per heavy atom. The second-order valence-corrected chi connectivity index (χ2v) is 6.84. The number of aliphatic hydroxyl groups excluding tert-OH is 1. The minimum atomic E-state index is -0.612. The van der Waals surface area contributed by atoms with Gasteiger partial charge in [0, 0.05) is 17.4 Å². The van der Waals surface area contributed by atoms with Crippen LogP contribution in [0.5, 0.6) is 5.75 Å². The van der Waals surface area contributed by atoms with Gasteiger partial charge in [-0.25, -0.2) is 0 Å². The second kappa shape index (κ2) is 8.17. The molecule has 28 heavy (non-hydrogen) atoms. The molecule has 2 aromatic rings. The first-order valence-electron chi connectivity index (χ1n) is 9.29. The van der Waals surface area contributed by atoms with Gasteiger partial charge >= 0.3 is 0 Å². The van der Waals surface area contributed by atoms with Gasteiger partial charge in [0.2, 0.25) is 0 Å². The van der Waals surface area contributed by atoms with Crippen molar-refractivity contribution in [2.45, 2.75) is 26.7 Å². The first-order chi connectivity index (χ1) is 13.4. The molecule has 6 nitrogen and oxygen atoms in total. The Hall–Kier alpha value is -3.28. The largest absolute Gasteiger partial charge is 0.509 e. The summed E-state index contributed by atoms with van der Waals surface area (Å²) in [7, 11) is 0. The van der Waals surface area contributed by atoms with E-state index in [1.165, 1.54) is 4.90 Å². The van der Waals surface area contributed by atoms with Crippen molar-refractivity contribution >= 4 is 23.2 Å². The van der Waals surface area contributed by atoms with E-state index in [1.54, 1.807) is 30.3 Å². The molecule has 1 aliphatic heterocycles. The minimum absolute atomic E-state index is 0.0526. The van der Waals surface area contributed by atoms with Crippen molar-refractivity contribution < 1.29 is 19.4 Å². The number of hydrogen-bond donors (Lipinski definition) is 2. The molecule has 3 rings (SSSR count). The third-order valence-electron chi connectivity index (χ3n) is 4.55. The molecule has 1 aliphatic rings. The summed E-state index contributed by atoms with van der Waals surface area (Å²) in [4.78, 5) is 27.0. The summed E-state index contributed by atoms with van der Waals surface area (Å²) in [5, 5.41) is 13.1. The van der Waals surface area contributed by atoms with E-state index in [1.807, 2.05) is 39.0 Å². The smallest absolute Gasteiger partial charge is 0.267 e. The fourth-order valence-electron chi connectivity index (χ4n) is 3.20. The molecule has 0 spiro atoms. The number of nitrogens with one attached hydrogen (secondary N) is 1. The van der Waals surface area contributed by atoms with Gasteiger partial charge in [-0.2, -0.15) is 0 Å². The van der Waals surface area contributed by atoms with E-state index < -0.39 is 11.8 Å². The van der Waals surface area contributed by atoms with E-state index in [4.69, 9.17) is 4.74 Å². The van der Waals surface area contributed by atoms with Crippen LogP contribution in [-0.2, 0) is 9.59 Å². The van der Waals surface area contributed by atoms with E-state index in [0.29, 0.717) is 23.7 Å². The van der Waals surface area contributed by atoms with Crippen LogP contribution < -0.4 is 15.0 Å². The third kappa shape index (κ3) is 3.86. The van der Waals surface area contributed by atoms with Crippen molar-refractivity contribution in [3.8, 4) is 5.75 Å². The zero-order valence-corrected chi connectivity index (χ0v) is 16.2. The van der Waals surface area contributed by atoms with Gasteiger partial charge in [0.05, 0.1) is 13.2 Å². The molecule has 0 fully saturated rings. The summed E-state index contributed by atoms with van der Waals surface area (Å²) in [5.41, 5.74) is 1.92. The maximum absolute atomic E-state index is 12.8. The number of anilines is 2. The number of hydrogen-bond acceptors (Lipinski definition) is 4. The highest BCUT2D eigenvalue weighted by molar-refractivity contribution is 6.29. The molecule has 1 heterocycles. The highest BCUT2D eigenvalue weighted by atomic mass is 16.5. The number of para-hydroxylation sites is 1. The van der Waals surface area contributed by atoms with Gasteiger partial charge in [-0.3, -0.25) is 9.59 Å². The topological polar surface area (TPSA) is 78.9 Å². The Balaban J connectivity index is 1.82. The summed E-state index contributed by atoms with van der Waals surface area (Å²) < 4.78 is 5.46. The van der Waals surface area contributed by atoms with Gasteiger partial charge in [0.25, 0.3) is 11.8 Å². The van der Waals surface area contributed by atoms with Crippen LogP contribution in [0.1, 0.15) is 32.3 Å².